The number of methoxy groups -OCH3 is 1. The average Bonchev–Trinajstić information content (AvgIpc) is 3.25. The maximum Gasteiger partial charge on any atom is 0.410 e. The molecule has 10 nitrogen and oxygen atoms in total. The molecule has 0 bridgehead atoms. The third kappa shape index (κ3) is 6.14. The Balaban J connectivity index is 1.56. The van der Waals surface area contributed by atoms with E-state index in [1.807, 2.05) is 43.4 Å². The molecule has 1 saturated heterocycles. The molecule has 5 rings (SSSR count). The molecular weight excluding hydrogens is 604 g/mol. The molecule has 1 amide bonds. The second-order valence-corrected chi connectivity index (χ2v) is 12.4. The summed E-state index contributed by atoms with van der Waals surface area (Å²) in [5.74, 6) is 1.54. The van der Waals surface area contributed by atoms with Gasteiger partial charge in [-0.2, -0.15) is 4.98 Å². The van der Waals surface area contributed by atoms with E-state index in [0.29, 0.717) is 61.7 Å². The molecule has 3 heterocycles. The van der Waals surface area contributed by atoms with E-state index in [1.165, 1.54) is 0 Å². The van der Waals surface area contributed by atoms with Gasteiger partial charge in [0, 0.05) is 37.3 Å². The van der Waals surface area contributed by atoms with Crippen molar-refractivity contribution >= 4 is 49.7 Å². The SMILES string of the molecule is CCn1c2cc(C3CCN(C(=O)OC(C)(C)C)CC3)c(OCCOCCOC)cc2n2c3cccc(Br)c3c(=O)nc12. The van der Waals surface area contributed by atoms with Crippen LogP contribution in [0.1, 0.15) is 52.0 Å². The van der Waals surface area contributed by atoms with Gasteiger partial charge in [-0.25, -0.2) is 4.79 Å². The number of piperidine rings is 1. The minimum Gasteiger partial charge on any atom is -0.491 e. The van der Waals surface area contributed by atoms with Crippen LogP contribution in [0.25, 0.3) is 27.7 Å². The van der Waals surface area contributed by atoms with E-state index in [0.717, 1.165) is 40.7 Å². The van der Waals surface area contributed by atoms with Gasteiger partial charge in [-0.3, -0.25) is 9.20 Å². The molecule has 1 aliphatic rings. The molecule has 4 aromatic rings. The molecule has 226 valence electrons. The number of carbonyl (C=O) groups is 1. The number of fused-ring (bicyclic) bond motifs is 5. The topological polar surface area (TPSA) is 96.5 Å². The summed E-state index contributed by atoms with van der Waals surface area (Å²) in [6, 6.07) is 9.97. The zero-order valence-corrected chi connectivity index (χ0v) is 26.5. The van der Waals surface area contributed by atoms with Crippen LogP contribution in [0.15, 0.2) is 39.6 Å². The highest BCUT2D eigenvalue weighted by molar-refractivity contribution is 9.10. The Morgan fingerprint density at radius 2 is 1.79 bits per heavy atom. The molecule has 0 saturated carbocycles. The van der Waals surface area contributed by atoms with Crippen LogP contribution >= 0.6 is 15.9 Å². The molecule has 1 aliphatic heterocycles. The summed E-state index contributed by atoms with van der Waals surface area (Å²) in [5.41, 5.74) is 2.94. The van der Waals surface area contributed by atoms with Gasteiger partial charge in [0.25, 0.3) is 5.56 Å². The van der Waals surface area contributed by atoms with Crippen LogP contribution in [0.3, 0.4) is 0 Å². The number of hydrogen-bond donors (Lipinski definition) is 0. The molecule has 0 spiro atoms. The molecule has 0 unspecified atom stereocenters. The number of nitrogens with zero attached hydrogens (tertiary/aromatic N) is 4. The predicted octanol–water partition coefficient (Wildman–Crippen LogP) is 5.74. The minimum atomic E-state index is -0.533. The second kappa shape index (κ2) is 12.6. The Kier molecular flexibility index (Phi) is 9.10. The lowest BCUT2D eigenvalue weighted by Gasteiger charge is -2.34. The summed E-state index contributed by atoms with van der Waals surface area (Å²) in [4.78, 5) is 32.1. The Bertz CT molecular complexity index is 1650. The van der Waals surface area contributed by atoms with Gasteiger partial charge in [0.05, 0.1) is 41.8 Å². The van der Waals surface area contributed by atoms with E-state index in [4.69, 9.17) is 18.9 Å². The predicted molar refractivity (Wildman–Crippen MR) is 166 cm³/mol. The molecular formula is C31H39BrN4O6. The summed E-state index contributed by atoms with van der Waals surface area (Å²) < 4.78 is 27.5. The van der Waals surface area contributed by atoms with Gasteiger partial charge in [-0.15, -0.1) is 0 Å². The number of carbonyl (C=O) groups excluding carboxylic acids is 1. The molecule has 2 aromatic heterocycles. The van der Waals surface area contributed by atoms with Crippen molar-refractivity contribution in [1.82, 2.24) is 18.9 Å². The molecule has 0 atom stereocenters. The zero-order valence-electron chi connectivity index (χ0n) is 24.9. The lowest BCUT2D eigenvalue weighted by atomic mass is 9.88. The summed E-state index contributed by atoms with van der Waals surface area (Å²) >= 11 is 3.55. The van der Waals surface area contributed by atoms with Crippen molar-refractivity contribution in [3.63, 3.8) is 0 Å². The first-order chi connectivity index (χ1) is 20.1. The van der Waals surface area contributed by atoms with Gasteiger partial charge >= 0.3 is 6.09 Å². The highest BCUT2D eigenvalue weighted by Crippen LogP contribution is 2.39. The monoisotopic (exact) mass is 642 g/mol. The minimum absolute atomic E-state index is 0.180. The molecule has 0 N–H and O–H groups in total. The van der Waals surface area contributed by atoms with Gasteiger partial charge in [0.1, 0.15) is 18.0 Å². The number of halogens is 1. The van der Waals surface area contributed by atoms with E-state index in [-0.39, 0.29) is 17.6 Å². The van der Waals surface area contributed by atoms with E-state index in [9.17, 15) is 9.59 Å². The van der Waals surface area contributed by atoms with Crippen LogP contribution in [0.5, 0.6) is 5.75 Å². The molecule has 0 radical (unpaired) electrons. The highest BCUT2D eigenvalue weighted by Gasteiger charge is 2.30. The third-order valence-electron chi connectivity index (χ3n) is 7.55. The molecule has 2 aromatic carbocycles. The highest BCUT2D eigenvalue weighted by atomic mass is 79.9. The summed E-state index contributed by atoms with van der Waals surface area (Å²) in [6.45, 7) is 11.4. The van der Waals surface area contributed by atoms with Gasteiger partial charge in [-0.05, 0) is 86.1 Å². The van der Waals surface area contributed by atoms with Crippen LogP contribution in [0, 0.1) is 0 Å². The number of aryl methyl sites for hydroxylation is 1. The molecule has 0 aliphatic carbocycles. The second-order valence-electron chi connectivity index (χ2n) is 11.5. The van der Waals surface area contributed by atoms with Gasteiger partial charge < -0.3 is 28.4 Å². The largest absolute Gasteiger partial charge is 0.491 e. The van der Waals surface area contributed by atoms with Gasteiger partial charge in [-0.1, -0.05) is 6.07 Å². The van der Waals surface area contributed by atoms with Crippen LogP contribution in [-0.2, 0) is 20.8 Å². The van der Waals surface area contributed by atoms with Crippen molar-refractivity contribution in [2.24, 2.45) is 0 Å². The Labute approximate surface area is 253 Å². The number of hydrogen-bond acceptors (Lipinski definition) is 7. The fourth-order valence-electron chi connectivity index (χ4n) is 5.62. The maximum atomic E-state index is 13.1. The van der Waals surface area contributed by atoms with Crippen LogP contribution in [0.4, 0.5) is 4.79 Å². The van der Waals surface area contributed by atoms with Gasteiger partial charge in [0.2, 0.25) is 5.78 Å². The Morgan fingerprint density at radius 1 is 1.05 bits per heavy atom. The first kappa shape index (κ1) is 30.3. The standard InChI is InChI=1S/C31H39BrN4O6/c1-6-35-24-18-21(20-10-12-34(13-11-20)30(38)42-31(2,3)4)26(41-17-16-40-15-14-39-5)19-25(24)36-23-9-7-8-22(32)27(23)28(37)33-29(35)36/h7-9,18-20H,6,10-17H2,1-5H3. The zero-order chi connectivity index (χ0) is 30.0. The number of likely N-dealkylation sites (tertiary alicyclic amines) is 1. The average molecular weight is 644 g/mol. The lowest BCUT2D eigenvalue weighted by molar-refractivity contribution is 0.0204. The normalized spacial score (nSPS) is 14.8. The maximum absolute atomic E-state index is 13.1. The number of rotatable bonds is 9. The van der Waals surface area contributed by atoms with E-state index < -0.39 is 5.60 Å². The number of imidazole rings is 1. The van der Waals surface area contributed by atoms with Crippen molar-refractivity contribution in [2.45, 2.75) is 58.6 Å². The summed E-state index contributed by atoms with van der Waals surface area (Å²) in [7, 11) is 1.65. The fraction of sp³-hybridized carbons (Fsp3) is 0.516. The van der Waals surface area contributed by atoms with Crippen molar-refractivity contribution < 1.29 is 23.7 Å². The van der Waals surface area contributed by atoms with Gasteiger partial charge in [0.15, 0.2) is 0 Å². The smallest absolute Gasteiger partial charge is 0.410 e. The van der Waals surface area contributed by atoms with Crippen LogP contribution in [-0.4, -0.2) is 77.2 Å². The van der Waals surface area contributed by atoms with Crippen molar-refractivity contribution in [3.8, 4) is 5.75 Å². The van der Waals surface area contributed by atoms with Crippen molar-refractivity contribution in [2.75, 3.05) is 46.6 Å². The fourth-order valence-corrected chi connectivity index (χ4v) is 6.15. The number of benzene rings is 2. The summed E-state index contributed by atoms with van der Waals surface area (Å²) in [5, 5.41) is 0.540. The lowest BCUT2D eigenvalue weighted by Crippen LogP contribution is -2.41. The molecule has 11 heteroatoms. The number of aromatic nitrogens is 3. The quantitative estimate of drug-likeness (QED) is 0.215. The third-order valence-corrected chi connectivity index (χ3v) is 8.21. The number of ether oxygens (including phenoxy) is 4. The van der Waals surface area contributed by atoms with Crippen molar-refractivity contribution in [3.05, 3.63) is 50.7 Å². The van der Waals surface area contributed by atoms with E-state index in [1.54, 1.807) is 12.0 Å². The van der Waals surface area contributed by atoms with E-state index >= 15 is 0 Å². The first-order valence-electron chi connectivity index (χ1n) is 14.5. The molecule has 1 fully saturated rings. The molecule has 42 heavy (non-hydrogen) atoms. The number of amides is 1. The first-order valence-corrected chi connectivity index (χ1v) is 15.3. The van der Waals surface area contributed by atoms with Crippen molar-refractivity contribution in [1.29, 1.82) is 0 Å². The Hall–Kier alpha value is -3.15. The summed E-state index contributed by atoms with van der Waals surface area (Å²) in [6.07, 6.45) is 1.29. The van der Waals surface area contributed by atoms with Crippen LogP contribution < -0.4 is 10.3 Å². The van der Waals surface area contributed by atoms with Crippen LogP contribution in [0.2, 0.25) is 0 Å². The Morgan fingerprint density at radius 3 is 2.48 bits per heavy atom. The van der Waals surface area contributed by atoms with E-state index in [2.05, 4.69) is 44.5 Å².